The third-order valence-electron chi connectivity index (χ3n) is 3.89. The van der Waals surface area contributed by atoms with E-state index in [-0.39, 0.29) is 6.42 Å². The van der Waals surface area contributed by atoms with Gasteiger partial charge in [0, 0.05) is 34.1 Å². The highest BCUT2D eigenvalue weighted by Gasteiger charge is 2.61. The summed E-state index contributed by atoms with van der Waals surface area (Å²) in [6.45, 7) is 5.25. The molecule has 0 aromatic carbocycles. The Balaban J connectivity index is 3.58. The summed E-state index contributed by atoms with van der Waals surface area (Å²) in [5.41, 5.74) is -2.32. The predicted octanol–water partition coefficient (Wildman–Crippen LogP) is -0.511. The van der Waals surface area contributed by atoms with Gasteiger partial charge in [-0.05, 0) is 0 Å². The number of nitrogens with zero attached hydrogens (tertiary/aromatic N) is 1. The predicted molar refractivity (Wildman–Crippen MR) is 94.9 cm³/mol. The Morgan fingerprint density at radius 1 is 0.933 bits per heavy atom. The van der Waals surface area contributed by atoms with E-state index >= 15 is 0 Å². The lowest BCUT2D eigenvalue weighted by molar-refractivity contribution is -0.277. The number of rotatable bonds is 7. The molecule has 0 aromatic rings. The minimum atomic E-state index is -2.32. The summed E-state index contributed by atoms with van der Waals surface area (Å²) in [4.78, 5) is 58.4. The second kappa shape index (κ2) is 10.5. The van der Waals surface area contributed by atoms with E-state index < -0.39 is 66.5 Å². The summed E-state index contributed by atoms with van der Waals surface area (Å²) in [6, 6.07) is 1.73. The highest BCUT2D eigenvalue weighted by Crippen LogP contribution is 2.34. The smallest absolute Gasteiger partial charge is 0.303 e. The Bertz CT molecular complexity index is 746. The second-order valence-electron chi connectivity index (χ2n) is 6.39. The molecule has 0 aliphatic carbocycles. The van der Waals surface area contributed by atoms with Crippen LogP contribution in [0.2, 0.25) is 0 Å². The summed E-state index contributed by atoms with van der Waals surface area (Å²) in [7, 11) is 0. The third kappa shape index (κ3) is 6.41. The summed E-state index contributed by atoms with van der Waals surface area (Å²) >= 11 is 0. The molecule has 1 rings (SSSR count). The van der Waals surface area contributed by atoms with Gasteiger partial charge in [0.05, 0.1) is 0 Å². The van der Waals surface area contributed by atoms with Gasteiger partial charge in [0.1, 0.15) is 18.8 Å². The molecule has 166 valence electrons. The number of ether oxygens (including phenoxy) is 5. The van der Waals surface area contributed by atoms with Crippen molar-refractivity contribution in [1.82, 2.24) is 5.32 Å². The molecule has 30 heavy (non-hydrogen) atoms. The average Bonchev–Trinajstić information content (AvgIpc) is 2.63. The van der Waals surface area contributed by atoms with E-state index in [1.165, 1.54) is 6.92 Å². The SMILES string of the molecule is CCC(=O)N[C@@]1(C#N)O[C@H](COC(C)=O)[C@@H](OC(C)=O)[C@H](OC(C)=O)[C@H]1OC(C)=O. The number of esters is 4. The van der Waals surface area contributed by atoms with Gasteiger partial charge in [0.25, 0.3) is 5.72 Å². The number of nitrogens with one attached hydrogen (secondary N) is 1. The van der Waals surface area contributed by atoms with Crippen LogP contribution < -0.4 is 5.32 Å². The minimum absolute atomic E-state index is 0.0558. The first-order chi connectivity index (χ1) is 14.0. The zero-order valence-corrected chi connectivity index (χ0v) is 17.3. The molecule has 1 N–H and O–H groups in total. The molecule has 12 heteroatoms. The standard InChI is InChI=1S/C18H24N2O10/c1-6-14(25)20-18(8-19)17(29-12(5)24)16(28-11(4)23)15(27-10(3)22)13(30-18)7-26-9(2)21/h13,15-17H,6-7H2,1-5H3,(H,20,25)/t13-,15-,16+,17-,18+/m1/s1. The number of amides is 1. The van der Waals surface area contributed by atoms with Crippen LogP contribution >= 0.6 is 0 Å². The van der Waals surface area contributed by atoms with Crippen LogP contribution in [0.5, 0.6) is 0 Å². The maximum absolute atomic E-state index is 12.1. The van der Waals surface area contributed by atoms with Gasteiger partial charge in [-0.3, -0.25) is 24.0 Å². The van der Waals surface area contributed by atoms with E-state index in [0.29, 0.717) is 0 Å². The van der Waals surface area contributed by atoms with Crippen molar-refractivity contribution < 1.29 is 47.7 Å². The Morgan fingerprint density at radius 3 is 1.90 bits per heavy atom. The molecule has 1 amide bonds. The second-order valence-corrected chi connectivity index (χ2v) is 6.39. The Kier molecular flexibility index (Phi) is 8.73. The molecule has 1 saturated heterocycles. The first kappa shape index (κ1) is 24.8. The van der Waals surface area contributed by atoms with Crippen molar-refractivity contribution in [3.63, 3.8) is 0 Å². The number of carbonyl (C=O) groups is 5. The molecular weight excluding hydrogens is 404 g/mol. The molecule has 1 heterocycles. The van der Waals surface area contributed by atoms with Crippen molar-refractivity contribution in [2.45, 2.75) is 71.2 Å². The number of carbonyl (C=O) groups excluding carboxylic acids is 5. The summed E-state index contributed by atoms with van der Waals surface area (Å²) < 4.78 is 26.1. The van der Waals surface area contributed by atoms with Crippen molar-refractivity contribution in [1.29, 1.82) is 5.26 Å². The van der Waals surface area contributed by atoms with E-state index in [0.717, 1.165) is 27.7 Å². The molecule has 0 radical (unpaired) electrons. The van der Waals surface area contributed by atoms with Crippen LogP contribution in [0.1, 0.15) is 41.0 Å². The first-order valence-corrected chi connectivity index (χ1v) is 9.00. The zero-order valence-electron chi connectivity index (χ0n) is 17.3. The van der Waals surface area contributed by atoms with Crippen molar-refractivity contribution in [3.8, 4) is 6.07 Å². The highest BCUT2D eigenvalue weighted by molar-refractivity contribution is 5.77. The van der Waals surface area contributed by atoms with Crippen LogP contribution in [-0.2, 0) is 47.7 Å². The quantitative estimate of drug-likeness (QED) is 0.409. The van der Waals surface area contributed by atoms with Gasteiger partial charge in [-0.15, -0.1) is 0 Å². The number of nitriles is 1. The fraction of sp³-hybridized carbons (Fsp3) is 0.667. The molecule has 5 atom stereocenters. The Labute approximate surface area is 172 Å². The minimum Gasteiger partial charge on any atom is -0.463 e. The van der Waals surface area contributed by atoms with Crippen LogP contribution in [-0.4, -0.2) is 66.5 Å². The number of hydrogen-bond donors (Lipinski definition) is 1. The zero-order chi connectivity index (χ0) is 23.1. The molecule has 1 aliphatic rings. The molecule has 0 saturated carbocycles. The normalized spacial score (nSPS) is 27.7. The highest BCUT2D eigenvalue weighted by atomic mass is 16.7. The van der Waals surface area contributed by atoms with E-state index in [2.05, 4.69) is 5.32 Å². The maximum Gasteiger partial charge on any atom is 0.303 e. The molecule has 0 spiro atoms. The van der Waals surface area contributed by atoms with Gasteiger partial charge < -0.3 is 29.0 Å². The first-order valence-electron chi connectivity index (χ1n) is 9.00. The van der Waals surface area contributed by atoms with Gasteiger partial charge in [-0.1, -0.05) is 6.92 Å². The van der Waals surface area contributed by atoms with Crippen LogP contribution in [0, 0.1) is 11.3 Å². The monoisotopic (exact) mass is 428 g/mol. The van der Waals surface area contributed by atoms with Crippen LogP contribution in [0.3, 0.4) is 0 Å². The number of hydrogen-bond acceptors (Lipinski definition) is 11. The largest absolute Gasteiger partial charge is 0.463 e. The van der Waals surface area contributed by atoms with Crippen LogP contribution in [0.4, 0.5) is 0 Å². The molecule has 12 nitrogen and oxygen atoms in total. The van der Waals surface area contributed by atoms with Gasteiger partial charge in [-0.2, -0.15) is 5.26 Å². The molecule has 0 aromatic heterocycles. The molecule has 1 aliphatic heterocycles. The third-order valence-corrected chi connectivity index (χ3v) is 3.89. The summed E-state index contributed by atoms with van der Waals surface area (Å²) in [5, 5.41) is 12.2. The van der Waals surface area contributed by atoms with Gasteiger partial charge in [0.15, 0.2) is 12.2 Å². The Hall–Kier alpha value is -3.20. The molecule has 1 fully saturated rings. The van der Waals surface area contributed by atoms with Gasteiger partial charge in [0.2, 0.25) is 12.0 Å². The van der Waals surface area contributed by atoms with Crippen LogP contribution in [0.25, 0.3) is 0 Å². The van der Waals surface area contributed by atoms with Gasteiger partial charge in [-0.25, -0.2) is 0 Å². The van der Waals surface area contributed by atoms with Crippen molar-refractivity contribution in [2.75, 3.05) is 6.61 Å². The Morgan fingerprint density at radius 2 is 1.47 bits per heavy atom. The van der Waals surface area contributed by atoms with Crippen molar-refractivity contribution >= 4 is 29.8 Å². The summed E-state index contributed by atoms with van der Waals surface area (Å²) in [6.07, 6.45) is -6.07. The fourth-order valence-electron chi connectivity index (χ4n) is 2.81. The summed E-state index contributed by atoms with van der Waals surface area (Å²) in [5.74, 6) is -3.89. The molecule has 0 unspecified atom stereocenters. The van der Waals surface area contributed by atoms with Gasteiger partial charge >= 0.3 is 23.9 Å². The van der Waals surface area contributed by atoms with Crippen LogP contribution in [0.15, 0.2) is 0 Å². The molecule has 0 bridgehead atoms. The van der Waals surface area contributed by atoms with E-state index in [9.17, 15) is 29.2 Å². The lowest BCUT2D eigenvalue weighted by Gasteiger charge is -2.48. The fourth-order valence-corrected chi connectivity index (χ4v) is 2.81. The van der Waals surface area contributed by atoms with E-state index in [4.69, 9.17) is 23.7 Å². The lowest BCUT2D eigenvalue weighted by atomic mass is 9.90. The average molecular weight is 428 g/mol. The molecular formula is C18H24N2O10. The van der Waals surface area contributed by atoms with E-state index in [1.807, 2.05) is 0 Å². The van der Waals surface area contributed by atoms with Crippen molar-refractivity contribution in [2.24, 2.45) is 0 Å². The topological polar surface area (TPSA) is 167 Å². The van der Waals surface area contributed by atoms with Crippen molar-refractivity contribution in [3.05, 3.63) is 0 Å². The lowest BCUT2D eigenvalue weighted by Crippen LogP contribution is -2.72. The van der Waals surface area contributed by atoms with E-state index in [1.54, 1.807) is 6.07 Å². The maximum atomic E-state index is 12.1.